The first-order chi connectivity index (χ1) is 15.7. The van der Waals surface area contributed by atoms with Gasteiger partial charge in [-0.3, -0.25) is 9.59 Å². The summed E-state index contributed by atoms with van der Waals surface area (Å²) in [5.74, 6) is -0.459. The molecule has 1 aliphatic carbocycles. The molecule has 0 spiro atoms. The summed E-state index contributed by atoms with van der Waals surface area (Å²) in [6.45, 7) is 7.06. The third-order valence-electron chi connectivity index (χ3n) is 6.04. The number of alkyl carbamates (subject to hydrolysis) is 1. The smallest absolute Gasteiger partial charge is 0.407 e. The second kappa shape index (κ2) is 11.3. The summed E-state index contributed by atoms with van der Waals surface area (Å²) < 4.78 is 5.25. The van der Waals surface area contributed by atoms with Crippen molar-refractivity contribution in [3.8, 4) is 0 Å². The quantitative estimate of drug-likeness (QED) is 0.314. The summed E-state index contributed by atoms with van der Waals surface area (Å²) in [7, 11) is 0. The number of nitrogens with zero attached hydrogens (tertiary/aromatic N) is 1. The van der Waals surface area contributed by atoms with Crippen molar-refractivity contribution in [2.24, 2.45) is 5.92 Å². The summed E-state index contributed by atoms with van der Waals surface area (Å²) in [6, 6.07) is 7.53. The van der Waals surface area contributed by atoms with Gasteiger partial charge >= 0.3 is 6.09 Å². The van der Waals surface area contributed by atoms with Gasteiger partial charge in [0.1, 0.15) is 5.60 Å². The number of rotatable bonds is 9. The second-order valence-electron chi connectivity index (χ2n) is 9.97. The van der Waals surface area contributed by atoms with Gasteiger partial charge in [-0.05, 0) is 58.4 Å². The van der Waals surface area contributed by atoms with Crippen molar-refractivity contribution in [2.45, 2.75) is 71.3 Å². The van der Waals surface area contributed by atoms with Gasteiger partial charge < -0.3 is 19.9 Å². The number of nitrogens with one attached hydrogen (secondary N) is 2. The van der Waals surface area contributed by atoms with E-state index in [4.69, 9.17) is 4.74 Å². The molecule has 0 unspecified atom stereocenters. The number of unbranched alkanes of at least 4 members (excludes halogenated alkanes) is 1. The van der Waals surface area contributed by atoms with Crippen LogP contribution in [0.3, 0.4) is 0 Å². The van der Waals surface area contributed by atoms with E-state index in [1.807, 2.05) is 45.0 Å². The standard InChI is InChI=1S/C26H37N3O4/c1-26(2,3)33-25(32)27-15-9-10-16-29(18-19-11-5-4-6-12-19)24(31)23(30)21-17-28-22-14-8-7-13-20(21)22/h7-8,13-14,17,19,28H,4-6,9-12,15-16,18H2,1-3H3,(H,27,32). The van der Waals surface area contributed by atoms with E-state index >= 15 is 0 Å². The van der Waals surface area contributed by atoms with E-state index in [9.17, 15) is 14.4 Å². The Morgan fingerprint density at radius 1 is 1.09 bits per heavy atom. The molecule has 0 aliphatic heterocycles. The molecule has 3 rings (SSSR count). The first-order valence-electron chi connectivity index (χ1n) is 12.1. The topological polar surface area (TPSA) is 91.5 Å². The molecule has 1 heterocycles. The number of Topliss-reactive ketones (excluding diaryl/α,β-unsaturated/α-hetero) is 1. The van der Waals surface area contributed by atoms with Crippen molar-refractivity contribution in [1.29, 1.82) is 0 Å². The Balaban J connectivity index is 1.59. The van der Waals surface area contributed by atoms with Crippen LogP contribution in [0.2, 0.25) is 0 Å². The molecule has 0 saturated heterocycles. The van der Waals surface area contributed by atoms with Crippen LogP contribution in [0.15, 0.2) is 30.5 Å². The highest BCUT2D eigenvalue weighted by molar-refractivity contribution is 6.44. The van der Waals surface area contributed by atoms with Gasteiger partial charge in [-0.1, -0.05) is 37.5 Å². The van der Waals surface area contributed by atoms with Crippen LogP contribution in [-0.4, -0.2) is 52.9 Å². The Hall–Kier alpha value is -2.83. The Kier molecular flexibility index (Phi) is 8.53. The summed E-state index contributed by atoms with van der Waals surface area (Å²) in [5, 5.41) is 3.53. The van der Waals surface area contributed by atoms with E-state index in [-0.39, 0.29) is 0 Å². The lowest BCUT2D eigenvalue weighted by Crippen LogP contribution is -2.41. The zero-order valence-corrected chi connectivity index (χ0v) is 20.1. The lowest BCUT2D eigenvalue weighted by Gasteiger charge is -2.29. The number of hydrogen-bond donors (Lipinski definition) is 2. The number of ketones is 1. The highest BCUT2D eigenvalue weighted by Gasteiger charge is 2.27. The number of ether oxygens (including phenoxy) is 1. The average molecular weight is 456 g/mol. The van der Waals surface area contributed by atoms with Gasteiger partial charge in [0.15, 0.2) is 0 Å². The molecule has 0 radical (unpaired) electrons. The molecule has 7 nitrogen and oxygen atoms in total. The second-order valence-corrected chi connectivity index (χ2v) is 9.97. The van der Waals surface area contributed by atoms with Crippen LogP contribution in [0, 0.1) is 5.92 Å². The third-order valence-corrected chi connectivity index (χ3v) is 6.04. The minimum Gasteiger partial charge on any atom is -0.444 e. The molecule has 33 heavy (non-hydrogen) atoms. The van der Waals surface area contributed by atoms with E-state index in [1.165, 1.54) is 19.3 Å². The third kappa shape index (κ3) is 7.34. The lowest BCUT2D eigenvalue weighted by molar-refractivity contribution is -0.127. The highest BCUT2D eigenvalue weighted by atomic mass is 16.6. The Morgan fingerprint density at radius 2 is 1.82 bits per heavy atom. The maximum atomic E-state index is 13.3. The molecule has 1 aromatic heterocycles. The number of carbonyl (C=O) groups excluding carboxylic acids is 3. The van der Waals surface area contributed by atoms with Crippen LogP contribution in [0.1, 0.15) is 76.1 Å². The van der Waals surface area contributed by atoms with Gasteiger partial charge in [-0.25, -0.2) is 4.79 Å². The summed E-state index contributed by atoms with van der Waals surface area (Å²) in [4.78, 5) is 43.0. The van der Waals surface area contributed by atoms with Gasteiger partial charge in [0.25, 0.3) is 11.7 Å². The molecule has 2 aromatic rings. The zero-order chi connectivity index (χ0) is 23.8. The summed E-state index contributed by atoms with van der Waals surface area (Å²) in [5.41, 5.74) is 0.743. The first kappa shape index (κ1) is 24.8. The zero-order valence-electron chi connectivity index (χ0n) is 20.1. The number of benzene rings is 1. The molecular formula is C26H37N3O4. The SMILES string of the molecule is CC(C)(C)OC(=O)NCCCCN(CC1CCCCC1)C(=O)C(=O)c1c[nH]c2ccccc12. The van der Waals surface area contributed by atoms with E-state index in [1.54, 1.807) is 11.1 Å². The molecule has 0 bridgehead atoms. The summed E-state index contributed by atoms with van der Waals surface area (Å²) >= 11 is 0. The number of fused-ring (bicyclic) bond motifs is 1. The number of hydrogen-bond acceptors (Lipinski definition) is 4. The molecular weight excluding hydrogens is 418 g/mol. The van der Waals surface area contributed by atoms with E-state index in [0.717, 1.165) is 23.7 Å². The Morgan fingerprint density at radius 3 is 2.55 bits per heavy atom. The molecule has 2 amide bonds. The van der Waals surface area contributed by atoms with Crippen molar-refractivity contribution in [3.05, 3.63) is 36.0 Å². The summed E-state index contributed by atoms with van der Waals surface area (Å²) in [6.07, 6.45) is 8.42. The van der Waals surface area contributed by atoms with Crippen molar-refractivity contribution >= 4 is 28.7 Å². The van der Waals surface area contributed by atoms with Gasteiger partial charge in [0.2, 0.25) is 0 Å². The minimum atomic E-state index is -0.532. The van der Waals surface area contributed by atoms with Crippen LogP contribution in [0.5, 0.6) is 0 Å². The van der Waals surface area contributed by atoms with Crippen molar-refractivity contribution in [3.63, 3.8) is 0 Å². The fourth-order valence-electron chi connectivity index (χ4n) is 4.41. The van der Waals surface area contributed by atoms with Crippen LogP contribution in [0.25, 0.3) is 10.9 Å². The largest absolute Gasteiger partial charge is 0.444 e. The monoisotopic (exact) mass is 455 g/mol. The first-order valence-corrected chi connectivity index (χ1v) is 12.1. The minimum absolute atomic E-state index is 0.427. The van der Waals surface area contributed by atoms with Crippen LogP contribution in [-0.2, 0) is 9.53 Å². The van der Waals surface area contributed by atoms with Gasteiger partial charge in [0.05, 0.1) is 5.56 Å². The number of para-hydroxylation sites is 1. The Bertz CT molecular complexity index is 954. The molecule has 1 fully saturated rings. The normalized spacial score (nSPS) is 14.8. The fourth-order valence-corrected chi connectivity index (χ4v) is 4.41. The maximum absolute atomic E-state index is 13.3. The van der Waals surface area contributed by atoms with Crippen molar-refractivity contribution < 1.29 is 19.1 Å². The molecule has 1 saturated carbocycles. The highest BCUT2D eigenvalue weighted by Crippen LogP contribution is 2.25. The fraction of sp³-hybridized carbons (Fsp3) is 0.577. The van der Waals surface area contributed by atoms with Crippen LogP contribution >= 0.6 is 0 Å². The number of amides is 2. The molecule has 2 N–H and O–H groups in total. The molecule has 0 atom stereocenters. The van der Waals surface area contributed by atoms with Gasteiger partial charge in [0, 0.05) is 36.7 Å². The molecule has 1 aromatic carbocycles. The number of H-pyrrole nitrogens is 1. The van der Waals surface area contributed by atoms with Crippen LogP contribution in [0.4, 0.5) is 4.79 Å². The molecule has 180 valence electrons. The molecule has 1 aliphatic rings. The number of carbonyl (C=O) groups is 3. The van der Waals surface area contributed by atoms with Gasteiger partial charge in [-0.2, -0.15) is 0 Å². The van der Waals surface area contributed by atoms with Gasteiger partial charge in [-0.15, -0.1) is 0 Å². The van der Waals surface area contributed by atoms with Crippen molar-refractivity contribution in [1.82, 2.24) is 15.2 Å². The van der Waals surface area contributed by atoms with E-state index in [0.29, 0.717) is 44.0 Å². The van der Waals surface area contributed by atoms with E-state index in [2.05, 4.69) is 10.3 Å². The lowest BCUT2D eigenvalue weighted by atomic mass is 9.88. The Labute approximate surface area is 196 Å². The average Bonchev–Trinajstić information content (AvgIpc) is 3.21. The predicted molar refractivity (Wildman–Crippen MR) is 129 cm³/mol. The predicted octanol–water partition coefficient (Wildman–Crippen LogP) is 5.06. The maximum Gasteiger partial charge on any atom is 0.407 e. The number of aromatic amines is 1. The van der Waals surface area contributed by atoms with Crippen LogP contribution < -0.4 is 5.32 Å². The van der Waals surface area contributed by atoms with E-state index < -0.39 is 23.4 Å². The van der Waals surface area contributed by atoms with Crippen molar-refractivity contribution in [2.75, 3.05) is 19.6 Å². The molecule has 7 heteroatoms. The number of aromatic nitrogens is 1.